The fraction of sp³-hybridized carbons (Fsp3) is 0.600. The van der Waals surface area contributed by atoms with Gasteiger partial charge >= 0.3 is 0 Å². The maximum absolute atomic E-state index is 4.83. The molecule has 1 aliphatic rings. The Hall–Kier alpha value is -0.710. The molecule has 5 nitrogen and oxygen atoms in total. The molecule has 0 spiro atoms. The average Bonchev–Trinajstić information content (AvgIpc) is 3.33. The van der Waals surface area contributed by atoms with Crippen LogP contribution in [0.2, 0.25) is 0 Å². The number of guanidine groups is 1. The van der Waals surface area contributed by atoms with Crippen molar-refractivity contribution in [1.29, 1.82) is 0 Å². The van der Waals surface area contributed by atoms with E-state index in [1.807, 2.05) is 11.3 Å². The topological polar surface area (TPSA) is 52.6 Å². The van der Waals surface area contributed by atoms with Gasteiger partial charge in [-0.3, -0.25) is 9.89 Å². The molecule has 0 unspecified atom stereocenters. The molecular weight excluding hydrogens is 501 g/mol. The molecule has 8 heteroatoms. The Kier molecular flexibility index (Phi) is 10.7. The minimum Gasteiger partial charge on any atom is -0.357 e. The lowest BCUT2D eigenvalue weighted by molar-refractivity contribution is 0.182. The Labute approximate surface area is 194 Å². The molecule has 0 aromatic carbocycles. The molecule has 2 aromatic heterocycles. The Morgan fingerprint density at radius 2 is 2.11 bits per heavy atom. The largest absolute Gasteiger partial charge is 0.357 e. The maximum atomic E-state index is 4.83. The monoisotopic (exact) mass is 533 g/mol. The van der Waals surface area contributed by atoms with Gasteiger partial charge in [-0.2, -0.15) is 0 Å². The SMILES string of the molecule is CCNC(=NCC1CCN(Cc2cccs2)CC1)NCCc1csc(C)n1.I. The highest BCUT2D eigenvalue weighted by Crippen LogP contribution is 2.20. The number of piperidine rings is 1. The van der Waals surface area contributed by atoms with Crippen molar-refractivity contribution < 1.29 is 0 Å². The summed E-state index contributed by atoms with van der Waals surface area (Å²) in [6, 6.07) is 4.38. The lowest BCUT2D eigenvalue weighted by Gasteiger charge is -2.31. The first-order valence-corrected chi connectivity index (χ1v) is 11.7. The quantitative estimate of drug-likeness (QED) is 0.304. The molecule has 3 rings (SSSR count). The zero-order valence-electron chi connectivity index (χ0n) is 16.8. The molecule has 28 heavy (non-hydrogen) atoms. The summed E-state index contributed by atoms with van der Waals surface area (Å²) in [5.74, 6) is 1.63. The van der Waals surface area contributed by atoms with Gasteiger partial charge in [-0.05, 0) is 57.1 Å². The predicted molar refractivity (Wildman–Crippen MR) is 132 cm³/mol. The van der Waals surface area contributed by atoms with Crippen LogP contribution < -0.4 is 10.6 Å². The number of aliphatic imine (C=N–C) groups is 1. The van der Waals surface area contributed by atoms with Crippen LogP contribution in [-0.2, 0) is 13.0 Å². The van der Waals surface area contributed by atoms with E-state index in [9.17, 15) is 0 Å². The Morgan fingerprint density at radius 1 is 1.29 bits per heavy atom. The third kappa shape index (κ3) is 7.96. The third-order valence-corrected chi connectivity index (χ3v) is 6.54. The summed E-state index contributed by atoms with van der Waals surface area (Å²) in [4.78, 5) is 13.4. The first-order chi connectivity index (χ1) is 13.2. The number of rotatable bonds is 8. The molecule has 1 aliphatic heterocycles. The minimum absolute atomic E-state index is 0. The fourth-order valence-electron chi connectivity index (χ4n) is 3.34. The van der Waals surface area contributed by atoms with Gasteiger partial charge in [0.1, 0.15) is 0 Å². The number of hydrogen-bond acceptors (Lipinski definition) is 5. The summed E-state index contributed by atoms with van der Waals surface area (Å²) in [5, 5.41) is 12.3. The van der Waals surface area contributed by atoms with Crippen LogP contribution in [0, 0.1) is 12.8 Å². The van der Waals surface area contributed by atoms with Crippen LogP contribution in [0.4, 0.5) is 0 Å². The maximum Gasteiger partial charge on any atom is 0.191 e. The van der Waals surface area contributed by atoms with Crippen LogP contribution >= 0.6 is 46.7 Å². The first kappa shape index (κ1) is 23.6. The van der Waals surface area contributed by atoms with E-state index < -0.39 is 0 Å². The van der Waals surface area contributed by atoms with Gasteiger partial charge in [-0.1, -0.05) is 6.07 Å². The van der Waals surface area contributed by atoms with E-state index in [1.165, 1.54) is 36.5 Å². The average molecular weight is 534 g/mol. The van der Waals surface area contributed by atoms with Crippen molar-refractivity contribution in [2.45, 2.75) is 39.7 Å². The molecule has 2 N–H and O–H groups in total. The number of aryl methyl sites for hydroxylation is 1. The lowest BCUT2D eigenvalue weighted by atomic mass is 9.97. The summed E-state index contributed by atoms with van der Waals surface area (Å²) in [7, 11) is 0. The van der Waals surface area contributed by atoms with Crippen molar-refractivity contribution in [3.05, 3.63) is 38.5 Å². The fourth-order valence-corrected chi connectivity index (χ4v) is 4.74. The van der Waals surface area contributed by atoms with Crippen LogP contribution in [-0.4, -0.2) is 48.6 Å². The van der Waals surface area contributed by atoms with Crippen molar-refractivity contribution in [3.63, 3.8) is 0 Å². The summed E-state index contributed by atoms with van der Waals surface area (Å²) in [5.41, 5.74) is 1.17. The van der Waals surface area contributed by atoms with Crippen LogP contribution in [0.1, 0.15) is 35.3 Å². The van der Waals surface area contributed by atoms with Crippen LogP contribution in [0.5, 0.6) is 0 Å². The van der Waals surface area contributed by atoms with Gasteiger partial charge in [0.15, 0.2) is 5.96 Å². The van der Waals surface area contributed by atoms with E-state index in [2.05, 4.69) is 57.3 Å². The first-order valence-electron chi connectivity index (χ1n) is 9.91. The van der Waals surface area contributed by atoms with Crippen molar-refractivity contribution in [1.82, 2.24) is 20.5 Å². The second-order valence-corrected chi connectivity index (χ2v) is 9.15. The zero-order valence-corrected chi connectivity index (χ0v) is 20.8. The summed E-state index contributed by atoms with van der Waals surface area (Å²) in [6.45, 7) is 10.3. The number of thiophene rings is 1. The van der Waals surface area contributed by atoms with Crippen molar-refractivity contribution in [2.75, 3.05) is 32.7 Å². The molecule has 0 amide bonds. The molecule has 3 heterocycles. The predicted octanol–water partition coefficient (Wildman–Crippen LogP) is 4.14. The molecule has 0 bridgehead atoms. The van der Waals surface area contributed by atoms with Crippen molar-refractivity contribution in [2.24, 2.45) is 10.9 Å². The van der Waals surface area contributed by atoms with Crippen molar-refractivity contribution in [3.8, 4) is 0 Å². The van der Waals surface area contributed by atoms with Gasteiger partial charge in [-0.15, -0.1) is 46.7 Å². The van der Waals surface area contributed by atoms with Crippen molar-refractivity contribution >= 4 is 52.6 Å². The lowest BCUT2D eigenvalue weighted by Crippen LogP contribution is -2.39. The second-order valence-electron chi connectivity index (χ2n) is 7.05. The van der Waals surface area contributed by atoms with Crippen LogP contribution in [0.25, 0.3) is 0 Å². The van der Waals surface area contributed by atoms with Crippen LogP contribution in [0.3, 0.4) is 0 Å². The number of nitrogens with one attached hydrogen (secondary N) is 2. The molecule has 0 radical (unpaired) electrons. The number of halogens is 1. The number of hydrogen-bond donors (Lipinski definition) is 2. The van der Waals surface area contributed by atoms with E-state index in [4.69, 9.17) is 4.99 Å². The van der Waals surface area contributed by atoms with Gasteiger partial charge < -0.3 is 10.6 Å². The number of aromatic nitrogens is 1. The summed E-state index contributed by atoms with van der Waals surface area (Å²) in [6.07, 6.45) is 3.43. The number of likely N-dealkylation sites (tertiary alicyclic amines) is 1. The van der Waals surface area contributed by atoms with Gasteiger partial charge in [0.05, 0.1) is 10.7 Å². The summed E-state index contributed by atoms with van der Waals surface area (Å²) >= 11 is 3.58. The molecule has 2 aromatic rings. The minimum atomic E-state index is 0. The zero-order chi connectivity index (χ0) is 18.9. The van der Waals surface area contributed by atoms with E-state index in [0.717, 1.165) is 43.6 Å². The Balaban J connectivity index is 0.00000280. The summed E-state index contributed by atoms with van der Waals surface area (Å²) < 4.78 is 0. The van der Waals surface area contributed by atoms with E-state index >= 15 is 0 Å². The van der Waals surface area contributed by atoms with Gasteiger partial charge in [0.25, 0.3) is 0 Å². The van der Waals surface area contributed by atoms with Crippen LogP contribution in [0.15, 0.2) is 27.9 Å². The van der Waals surface area contributed by atoms with Gasteiger partial charge in [0, 0.05) is 42.9 Å². The molecule has 1 saturated heterocycles. The molecule has 1 fully saturated rings. The number of nitrogens with zero attached hydrogens (tertiary/aromatic N) is 3. The van der Waals surface area contributed by atoms with Gasteiger partial charge in [0.2, 0.25) is 0 Å². The highest BCUT2D eigenvalue weighted by atomic mass is 127. The number of thiazole rings is 1. The third-order valence-electron chi connectivity index (χ3n) is 4.86. The second kappa shape index (κ2) is 12.8. The van der Waals surface area contributed by atoms with E-state index in [-0.39, 0.29) is 24.0 Å². The molecule has 0 atom stereocenters. The molecule has 156 valence electrons. The normalized spacial score (nSPS) is 16.0. The molecule has 0 saturated carbocycles. The Bertz CT molecular complexity index is 693. The Morgan fingerprint density at radius 3 is 2.75 bits per heavy atom. The van der Waals surface area contributed by atoms with E-state index in [0.29, 0.717) is 5.92 Å². The highest BCUT2D eigenvalue weighted by Gasteiger charge is 2.19. The van der Waals surface area contributed by atoms with Gasteiger partial charge in [-0.25, -0.2) is 4.98 Å². The molecule has 0 aliphatic carbocycles. The highest BCUT2D eigenvalue weighted by molar-refractivity contribution is 14.0. The van der Waals surface area contributed by atoms with E-state index in [1.54, 1.807) is 11.3 Å². The smallest absolute Gasteiger partial charge is 0.191 e. The molecular formula is C20H32IN5S2. The standard InChI is InChI=1S/C20H31N5S2.HI/c1-3-21-20(22-9-6-18-15-27-16(2)24-18)23-13-17-7-10-25(11-8-17)14-19-5-4-12-26-19;/h4-5,12,15,17H,3,6-11,13-14H2,1-2H3,(H2,21,22,23);1H.